The molecule has 4 nitrogen and oxygen atoms in total. The summed E-state index contributed by atoms with van der Waals surface area (Å²) in [4.78, 5) is 12.7. The molecule has 0 saturated heterocycles. The fraction of sp³-hybridized carbons (Fsp3) is 0. The maximum atomic E-state index is 9.82. The van der Waals surface area contributed by atoms with Crippen LogP contribution in [-0.2, 0) is 0 Å². The van der Waals surface area contributed by atoms with E-state index in [-0.39, 0.29) is 5.00 Å². The molecular formula is C3HN2O2S-. The molecule has 5 heteroatoms. The lowest BCUT2D eigenvalue weighted by atomic mass is 10.9. The molecule has 0 saturated carbocycles. The topological polar surface area (TPSA) is 56.0 Å². The lowest BCUT2D eigenvalue weighted by molar-refractivity contribution is -0.380. The summed E-state index contributed by atoms with van der Waals surface area (Å²) < 4.78 is 0. The molecule has 0 atom stereocenters. The van der Waals surface area contributed by atoms with Crippen LogP contribution in [0.15, 0.2) is 6.20 Å². The van der Waals surface area contributed by atoms with Gasteiger partial charge in [0.2, 0.25) is 0 Å². The van der Waals surface area contributed by atoms with Crippen LogP contribution in [0.25, 0.3) is 0 Å². The first-order chi connectivity index (χ1) is 3.80. The average Bonchev–Trinajstić information content (AvgIpc) is 2.12. The van der Waals surface area contributed by atoms with Gasteiger partial charge in [-0.05, 0) is 11.7 Å². The summed E-state index contributed by atoms with van der Waals surface area (Å²) in [6.45, 7) is 0. The molecule has 0 fully saturated rings. The zero-order valence-electron chi connectivity index (χ0n) is 3.70. The Hall–Kier alpha value is -0.970. The Labute approximate surface area is 48.9 Å². The van der Waals surface area contributed by atoms with Crippen molar-refractivity contribution in [1.82, 2.24) is 4.98 Å². The Kier molecular flexibility index (Phi) is 1.21. The first-order valence-corrected chi connectivity index (χ1v) is 2.58. The van der Waals surface area contributed by atoms with Crippen molar-refractivity contribution in [2.45, 2.75) is 0 Å². The summed E-state index contributed by atoms with van der Waals surface area (Å²) in [5, 5.41) is 9.85. The predicted octanol–water partition coefficient (Wildman–Crippen LogP) is 0.851. The smallest absolute Gasteiger partial charge is 0.195 e. The van der Waals surface area contributed by atoms with Crippen molar-refractivity contribution in [2.75, 3.05) is 0 Å². The van der Waals surface area contributed by atoms with E-state index in [1.54, 1.807) is 0 Å². The van der Waals surface area contributed by atoms with E-state index in [1.807, 2.05) is 0 Å². The van der Waals surface area contributed by atoms with Gasteiger partial charge in [0, 0.05) is 4.92 Å². The van der Waals surface area contributed by atoms with Crippen molar-refractivity contribution < 1.29 is 4.92 Å². The highest BCUT2D eigenvalue weighted by Crippen LogP contribution is 2.13. The van der Waals surface area contributed by atoms with Gasteiger partial charge in [0.05, 0.1) is 0 Å². The Morgan fingerprint density at radius 2 is 2.75 bits per heavy atom. The molecule has 8 heavy (non-hydrogen) atoms. The maximum absolute atomic E-state index is 9.82. The van der Waals surface area contributed by atoms with E-state index >= 15 is 0 Å². The number of hydrogen-bond donors (Lipinski definition) is 0. The summed E-state index contributed by atoms with van der Waals surface area (Å²) in [5.74, 6) is 0. The fourth-order valence-electron chi connectivity index (χ4n) is 0.265. The standard InChI is InChI=1S/C3HN2O2S/c6-5(7)3-1-4-2-8-3/h1H/q-1. The molecule has 1 heterocycles. The molecule has 0 bridgehead atoms. The third-order valence-electron chi connectivity index (χ3n) is 0.558. The molecule has 0 aliphatic rings. The Balaban J connectivity index is 2.93. The lowest BCUT2D eigenvalue weighted by Gasteiger charge is -1.84. The summed E-state index contributed by atoms with van der Waals surface area (Å²) >= 11 is 0.896. The molecule has 1 aromatic rings. The zero-order chi connectivity index (χ0) is 5.98. The minimum Gasteiger partial charge on any atom is -0.387 e. The Bertz CT molecular complexity index is 183. The van der Waals surface area contributed by atoms with Crippen molar-refractivity contribution in [2.24, 2.45) is 0 Å². The highest BCUT2D eigenvalue weighted by atomic mass is 32.1. The van der Waals surface area contributed by atoms with Crippen LogP contribution >= 0.6 is 11.3 Å². The monoisotopic (exact) mass is 129 g/mol. The van der Waals surface area contributed by atoms with Gasteiger partial charge in [-0.3, -0.25) is 10.1 Å². The Morgan fingerprint density at radius 3 is 3.00 bits per heavy atom. The summed E-state index contributed by atoms with van der Waals surface area (Å²) in [7, 11) is 0. The van der Waals surface area contributed by atoms with Crippen LogP contribution in [0.5, 0.6) is 0 Å². The predicted molar refractivity (Wildman–Crippen MR) is 27.6 cm³/mol. The molecule has 1 rings (SSSR count). The minimum absolute atomic E-state index is 0.0324. The number of rotatable bonds is 1. The molecule has 0 amide bonds. The number of nitrogens with zero attached hydrogens (tertiary/aromatic N) is 2. The molecule has 0 aliphatic heterocycles. The molecule has 0 radical (unpaired) electrons. The molecule has 0 unspecified atom stereocenters. The van der Waals surface area contributed by atoms with Gasteiger partial charge >= 0.3 is 0 Å². The molecule has 0 aliphatic carbocycles. The summed E-state index contributed by atoms with van der Waals surface area (Å²) in [6, 6.07) is 0. The molecule has 1 aromatic heterocycles. The second kappa shape index (κ2) is 1.87. The molecule has 42 valence electrons. The van der Waals surface area contributed by atoms with Crippen molar-refractivity contribution in [3.05, 3.63) is 21.8 Å². The third kappa shape index (κ3) is 0.812. The summed E-state index contributed by atoms with van der Waals surface area (Å²) in [6.07, 6.45) is 1.17. The van der Waals surface area contributed by atoms with E-state index in [9.17, 15) is 10.1 Å². The Morgan fingerprint density at radius 1 is 2.00 bits per heavy atom. The van der Waals surface area contributed by atoms with Crippen LogP contribution in [0, 0.1) is 15.6 Å². The normalized spacial score (nSPS) is 9.00. The second-order valence-electron chi connectivity index (χ2n) is 1.05. The van der Waals surface area contributed by atoms with Crippen LogP contribution in [-0.4, -0.2) is 9.91 Å². The van der Waals surface area contributed by atoms with Crippen LogP contribution < -0.4 is 0 Å². The van der Waals surface area contributed by atoms with Gasteiger partial charge in [-0.25, -0.2) is 11.3 Å². The maximum Gasteiger partial charge on any atom is 0.195 e. The molecular weight excluding hydrogens is 128 g/mol. The first kappa shape index (κ1) is 5.17. The van der Waals surface area contributed by atoms with Crippen molar-refractivity contribution in [3.8, 4) is 0 Å². The SMILES string of the molecule is O=[N+]([O-])c1cn[c-]s1. The fourth-order valence-corrected chi connectivity index (χ4v) is 0.644. The third-order valence-corrected chi connectivity index (χ3v) is 1.22. The number of nitro groups is 1. The molecule has 0 aromatic carbocycles. The van der Waals surface area contributed by atoms with E-state index in [1.165, 1.54) is 6.20 Å². The first-order valence-electron chi connectivity index (χ1n) is 1.77. The zero-order valence-corrected chi connectivity index (χ0v) is 4.51. The van der Waals surface area contributed by atoms with E-state index in [0.717, 1.165) is 11.3 Å². The minimum atomic E-state index is -0.492. The van der Waals surface area contributed by atoms with Gasteiger partial charge < -0.3 is 4.98 Å². The van der Waals surface area contributed by atoms with Gasteiger partial charge in [0.1, 0.15) is 0 Å². The number of hydrogen-bond acceptors (Lipinski definition) is 4. The van der Waals surface area contributed by atoms with Gasteiger partial charge in [0.25, 0.3) is 0 Å². The van der Waals surface area contributed by atoms with Gasteiger partial charge in [0.15, 0.2) is 5.00 Å². The van der Waals surface area contributed by atoms with Crippen LogP contribution in [0.2, 0.25) is 0 Å². The van der Waals surface area contributed by atoms with E-state index in [2.05, 4.69) is 10.5 Å². The molecule has 0 spiro atoms. The van der Waals surface area contributed by atoms with Gasteiger partial charge in [-0.15, -0.1) is 0 Å². The molecule has 0 N–H and O–H groups in total. The highest BCUT2D eigenvalue weighted by molar-refractivity contribution is 7.12. The van der Waals surface area contributed by atoms with Crippen LogP contribution in [0.1, 0.15) is 0 Å². The second-order valence-corrected chi connectivity index (χ2v) is 1.85. The van der Waals surface area contributed by atoms with Crippen molar-refractivity contribution >= 4 is 16.3 Å². The van der Waals surface area contributed by atoms with E-state index in [4.69, 9.17) is 0 Å². The average molecular weight is 129 g/mol. The number of thiazole rings is 1. The number of aromatic nitrogens is 1. The van der Waals surface area contributed by atoms with Crippen LogP contribution in [0.4, 0.5) is 5.00 Å². The van der Waals surface area contributed by atoms with Crippen molar-refractivity contribution in [1.29, 1.82) is 0 Å². The highest BCUT2D eigenvalue weighted by Gasteiger charge is 1.91. The lowest BCUT2D eigenvalue weighted by Crippen LogP contribution is -1.80. The van der Waals surface area contributed by atoms with Crippen LogP contribution in [0.3, 0.4) is 0 Å². The van der Waals surface area contributed by atoms with Gasteiger partial charge in [-0.2, -0.15) is 0 Å². The van der Waals surface area contributed by atoms with Crippen molar-refractivity contribution in [3.63, 3.8) is 0 Å². The summed E-state index contributed by atoms with van der Waals surface area (Å²) in [5.41, 5.74) is 2.36. The van der Waals surface area contributed by atoms with E-state index in [0.29, 0.717) is 0 Å². The van der Waals surface area contributed by atoms with E-state index < -0.39 is 4.92 Å². The quantitative estimate of drug-likeness (QED) is 0.321. The van der Waals surface area contributed by atoms with Gasteiger partial charge in [-0.1, -0.05) is 0 Å². The largest absolute Gasteiger partial charge is 0.387 e.